The van der Waals surface area contributed by atoms with Gasteiger partial charge in [0.25, 0.3) is 0 Å². The van der Waals surface area contributed by atoms with Crippen molar-refractivity contribution < 1.29 is 24.5 Å². The molecule has 0 rings (SSSR count). The van der Waals surface area contributed by atoms with Crippen molar-refractivity contribution in [2.75, 3.05) is 13.2 Å². The third kappa shape index (κ3) is 63.8. The molecule has 0 aliphatic rings. The zero-order chi connectivity index (χ0) is 56.4. The van der Waals surface area contributed by atoms with Crippen molar-refractivity contribution in [1.29, 1.82) is 0 Å². The summed E-state index contributed by atoms with van der Waals surface area (Å²) in [4.78, 5) is 24.5. The van der Waals surface area contributed by atoms with Crippen LogP contribution >= 0.6 is 0 Å². The third-order valence-electron chi connectivity index (χ3n) is 17.1. The second-order valence-electron chi connectivity index (χ2n) is 24.9. The van der Waals surface area contributed by atoms with E-state index in [0.29, 0.717) is 25.9 Å². The largest absolute Gasteiger partial charge is 0.466 e. The summed E-state index contributed by atoms with van der Waals surface area (Å²) in [6.07, 6.45) is 84.5. The summed E-state index contributed by atoms with van der Waals surface area (Å²) in [5.74, 6) is -0.0137. The van der Waals surface area contributed by atoms with E-state index in [9.17, 15) is 19.8 Å². The number of hydrogen-bond acceptors (Lipinski definition) is 5. The minimum atomic E-state index is -0.656. The highest BCUT2D eigenvalue weighted by Crippen LogP contribution is 2.19. The van der Waals surface area contributed by atoms with Crippen LogP contribution in [-0.4, -0.2) is 47.4 Å². The molecule has 78 heavy (non-hydrogen) atoms. The average molecular weight is 1100 g/mol. The fourth-order valence-corrected chi connectivity index (χ4v) is 11.6. The highest BCUT2D eigenvalue weighted by Gasteiger charge is 2.20. The van der Waals surface area contributed by atoms with Gasteiger partial charge >= 0.3 is 5.97 Å². The van der Waals surface area contributed by atoms with Crippen LogP contribution < -0.4 is 5.32 Å². The molecular formula is C72H141NO5. The van der Waals surface area contributed by atoms with E-state index < -0.39 is 12.1 Å². The van der Waals surface area contributed by atoms with E-state index in [2.05, 4.69) is 31.3 Å². The Labute approximate surface area is 489 Å². The van der Waals surface area contributed by atoms with Crippen LogP contribution in [0.4, 0.5) is 0 Å². The van der Waals surface area contributed by atoms with Gasteiger partial charge in [-0.2, -0.15) is 0 Å². The van der Waals surface area contributed by atoms with Crippen molar-refractivity contribution in [2.24, 2.45) is 0 Å². The zero-order valence-electron chi connectivity index (χ0n) is 53.2. The van der Waals surface area contributed by atoms with Crippen molar-refractivity contribution in [3.05, 3.63) is 12.2 Å². The first-order valence-electron chi connectivity index (χ1n) is 35.9. The van der Waals surface area contributed by atoms with Crippen molar-refractivity contribution >= 4 is 11.9 Å². The number of hydrogen-bond donors (Lipinski definition) is 3. The number of carbonyl (C=O) groups is 2. The maximum Gasteiger partial charge on any atom is 0.305 e. The molecule has 0 fully saturated rings. The van der Waals surface area contributed by atoms with E-state index in [4.69, 9.17) is 4.74 Å². The Kier molecular flexibility index (Phi) is 66.9. The summed E-state index contributed by atoms with van der Waals surface area (Å²) in [6, 6.07) is -0.533. The predicted octanol–water partition coefficient (Wildman–Crippen LogP) is 23.1. The van der Waals surface area contributed by atoms with Gasteiger partial charge in [0, 0.05) is 12.8 Å². The van der Waals surface area contributed by atoms with E-state index in [0.717, 1.165) is 44.9 Å². The van der Waals surface area contributed by atoms with E-state index in [1.54, 1.807) is 0 Å². The summed E-state index contributed by atoms with van der Waals surface area (Å²) in [5, 5.41) is 23.2. The Hall–Kier alpha value is -1.40. The van der Waals surface area contributed by atoms with Gasteiger partial charge in [0.1, 0.15) is 0 Å². The molecule has 0 aromatic heterocycles. The smallest absolute Gasteiger partial charge is 0.305 e. The standard InChI is InChI=1S/C72H141NO5/c1-3-5-7-9-11-13-14-42-46-50-54-58-62-66-72(77)78-67-63-59-55-51-47-44-41-39-37-35-33-31-29-27-25-23-21-19-17-15-16-18-20-22-24-26-28-30-32-34-36-38-40-43-45-49-53-57-61-65-71(76)73-69(68-74)70(75)64-60-56-52-48-12-10-8-6-4-2/h13-14,69-70,74-75H,3-12,15-68H2,1-2H3,(H,73,76)/b14-13-. The molecule has 6 nitrogen and oxygen atoms in total. The Balaban J connectivity index is 3.25. The Bertz CT molecular complexity index is 1180. The van der Waals surface area contributed by atoms with Crippen LogP contribution in [0.25, 0.3) is 0 Å². The number of aliphatic hydroxyl groups excluding tert-OH is 2. The molecule has 0 aliphatic carbocycles. The molecule has 6 heteroatoms. The monoisotopic (exact) mass is 1100 g/mol. The molecule has 0 saturated heterocycles. The average Bonchev–Trinajstić information content (AvgIpc) is 3.44. The van der Waals surface area contributed by atoms with E-state index in [1.165, 1.54) is 334 Å². The van der Waals surface area contributed by atoms with E-state index in [-0.39, 0.29) is 18.5 Å². The second kappa shape index (κ2) is 68.1. The number of unbranched alkanes of at least 4 members (excludes halogenated alkanes) is 55. The van der Waals surface area contributed by atoms with Crippen molar-refractivity contribution in [3.8, 4) is 0 Å². The quantitative estimate of drug-likeness (QED) is 0.0320. The van der Waals surface area contributed by atoms with Crippen LogP contribution in [0.1, 0.15) is 412 Å². The number of esters is 1. The van der Waals surface area contributed by atoms with Crippen LogP contribution in [0.15, 0.2) is 12.2 Å². The highest BCUT2D eigenvalue weighted by atomic mass is 16.5. The molecule has 2 atom stereocenters. The minimum Gasteiger partial charge on any atom is -0.466 e. The number of nitrogens with one attached hydrogen (secondary N) is 1. The van der Waals surface area contributed by atoms with E-state index in [1.807, 2.05) is 0 Å². The molecule has 1 amide bonds. The number of amides is 1. The molecule has 3 N–H and O–H groups in total. The molecule has 0 heterocycles. The number of carbonyl (C=O) groups excluding carboxylic acids is 2. The predicted molar refractivity (Wildman–Crippen MR) is 343 cm³/mol. The lowest BCUT2D eigenvalue weighted by molar-refractivity contribution is -0.143. The van der Waals surface area contributed by atoms with Gasteiger partial charge in [-0.25, -0.2) is 0 Å². The van der Waals surface area contributed by atoms with Crippen LogP contribution in [0, 0.1) is 0 Å². The minimum absolute atomic E-state index is 0.0153. The molecule has 2 unspecified atom stereocenters. The lowest BCUT2D eigenvalue weighted by atomic mass is 10.0. The molecule has 0 bridgehead atoms. The lowest BCUT2D eigenvalue weighted by Gasteiger charge is -2.22. The number of rotatable bonds is 68. The first kappa shape index (κ1) is 76.6. The zero-order valence-corrected chi connectivity index (χ0v) is 53.2. The molecule has 0 aliphatic heterocycles. The summed E-state index contributed by atoms with van der Waals surface area (Å²) < 4.78 is 5.49. The topological polar surface area (TPSA) is 95.9 Å². The van der Waals surface area contributed by atoms with Crippen LogP contribution in [0.2, 0.25) is 0 Å². The maximum absolute atomic E-state index is 12.4. The van der Waals surface area contributed by atoms with Crippen LogP contribution in [-0.2, 0) is 14.3 Å². The van der Waals surface area contributed by atoms with Gasteiger partial charge in [-0.15, -0.1) is 0 Å². The van der Waals surface area contributed by atoms with Gasteiger partial charge in [0.15, 0.2) is 0 Å². The second-order valence-corrected chi connectivity index (χ2v) is 24.9. The van der Waals surface area contributed by atoms with Crippen molar-refractivity contribution in [1.82, 2.24) is 5.32 Å². The lowest BCUT2D eigenvalue weighted by Crippen LogP contribution is -2.45. The van der Waals surface area contributed by atoms with E-state index >= 15 is 0 Å². The van der Waals surface area contributed by atoms with Crippen LogP contribution in [0.5, 0.6) is 0 Å². The normalized spacial score (nSPS) is 12.5. The first-order valence-corrected chi connectivity index (χ1v) is 35.9. The summed E-state index contributed by atoms with van der Waals surface area (Å²) >= 11 is 0. The first-order chi connectivity index (χ1) is 38.5. The summed E-state index contributed by atoms with van der Waals surface area (Å²) in [5.41, 5.74) is 0. The van der Waals surface area contributed by atoms with Crippen LogP contribution in [0.3, 0.4) is 0 Å². The maximum atomic E-state index is 12.4. The Morgan fingerprint density at radius 2 is 0.603 bits per heavy atom. The molecule has 0 spiro atoms. The number of allylic oxidation sites excluding steroid dienone is 2. The molecule has 0 aromatic rings. The summed E-state index contributed by atoms with van der Waals surface area (Å²) in [6.45, 7) is 4.95. The highest BCUT2D eigenvalue weighted by molar-refractivity contribution is 5.76. The SMILES string of the molecule is CCCCCC/C=C\CCCCCCCC(=O)OCCCCCCCCCCCCCCCCCCCCCCCCCCCCCCCCCCCCCCCCCC(=O)NC(CO)C(O)CCCCCCCCCCC. The molecular weight excluding hydrogens is 959 g/mol. The Morgan fingerprint density at radius 3 is 0.923 bits per heavy atom. The van der Waals surface area contributed by atoms with Gasteiger partial charge in [0.2, 0.25) is 5.91 Å². The van der Waals surface area contributed by atoms with Crippen molar-refractivity contribution in [3.63, 3.8) is 0 Å². The van der Waals surface area contributed by atoms with Gasteiger partial charge in [-0.3, -0.25) is 9.59 Å². The number of aliphatic hydroxyl groups is 2. The third-order valence-corrected chi connectivity index (χ3v) is 17.1. The van der Waals surface area contributed by atoms with Gasteiger partial charge in [-0.05, 0) is 51.4 Å². The van der Waals surface area contributed by atoms with Gasteiger partial charge in [0.05, 0.1) is 25.4 Å². The molecule has 0 aromatic carbocycles. The fourth-order valence-electron chi connectivity index (χ4n) is 11.6. The number of ether oxygens (including phenoxy) is 1. The van der Waals surface area contributed by atoms with Gasteiger partial charge < -0.3 is 20.3 Å². The van der Waals surface area contributed by atoms with Crippen molar-refractivity contribution in [2.45, 2.75) is 424 Å². The fraction of sp³-hybridized carbons (Fsp3) is 0.944. The molecule has 464 valence electrons. The van der Waals surface area contributed by atoms with Gasteiger partial charge in [-0.1, -0.05) is 360 Å². The molecule has 0 saturated carbocycles. The Morgan fingerprint density at radius 1 is 0.346 bits per heavy atom. The molecule has 0 radical (unpaired) electrons. The summed E-state index contributed by atoms with van der Waals surface area (Å²) in [7, 11) is 0.